The summed E-state index contributed by atoms with van der Waals surface area (Å²) in [6.45, 7) is 4.66. The highest BCUT2D eigenvalue weighted by Crippen LogP contribution is 2.22. The Morgan fingerprint density at radius 3 is 1.72 bits per heavy atom. The van der Waals surface area contributed by atoms with E-state index < -0.39 is 23.9 Å². The van der Waals surface area contributed by atoms with E-state index in [1.165, 1.54) is 11.6 Å². The van der Waals surface area contributed by atoms with Crippen molar-refractivity contribution in [3.05, 3.63) is 142 Å². The van der Waals surface area contributed by atoms with E-state index >= 15 is 0 Å². The number of rotatable bonds is 14. The normalized spacial score (nSPS) is 10.3. The van der Waals surface area contributed by atoms with Crippen LogP contribution in [0.25, 0.3) is 0 Å². The molecule has 0 aromatic heterocycles. The van der Waals surface area contributed by atoms with Crippen LogP contribution in [0, 0.1) is 0 Å². The first-order chi connectivity index (χ1) is 22.3. The molecule has 4 rings (SSSR count). The Morgan fingerprint density at radius 1 is 0.565 bits per heavy atom. The van der Waals surface area contributed by atoms with Gasteiger partial charge in [-0.15, -0.1) is 0 Å². The van der Waals surface area contributed by atoms with Gasteiger partial charge in [0.25, 0.3) is 0 Å². The van der Waals surface area contributed by atoms with Crippen molar-refractivity contribution < 1.29 is 38.9 Å². The Balaban J connectivity index is 0.000000250. The number of ether oxygens (including phenoxy) is 2. The van der Waals surface area contributed by atoms with Gasteiger partial charge in [0.15, 0.2) is 0 Å². The number of aryl methyl sites for hydroxylation is 1. The third kappa shape index (κ3) is 10.4. The lowest BCUT2D eigenvalue weighted by atomic mass is 9.92. The van der Waals surface area contributed by atoms with Crippen molar-refractivity contribution in [2.24, 2.45) is 0 Å². The minimum Gasteiger partial charge on any atom is -0.478 e. The number of unbranched alkanes of at least 4 members (excludes halogenated alkanes) is 2. The van der Waals surface area contributed by atoms with E-state index in [9.17, 15) is 29.4 Å². The Kier molecular flexibility index (Phi) is 14.2. The maximum atomic E-state index is 12.2. The maximum Gasteiger partial charge on any atom is 0.339 e. The smallest absolute Gasteiger partial charge is 0.339 e. The topological polar surface area (TPSA) is 127 Å². The summed E-state index contributed by atoms with van der Waals surface area (Å²) < 4.78 is 10.5. The summed E-state index contributed by atoms with van der Waals surface area (Å²) in [6.07, 6.45) is 5.25. The van der Waals surface area contributed by atoms with Crippen molar-refractivity contribution >= 4 is 23.9 Å². The minimum absolute atomic E-state index is 0.120. The van der Waals surface area contributed by atoms with Gasteiger partial charge in [-0.25, -0.2) is 19.2 Å². The van der Waals surface area contributed by atoms with Gasteiger partial charge in [0.2, 0.25) is 0 Å². The molecule has 2 N–H and O–H groups in total. The third-order valence-corrected chi connectivity index (χ3v) is 7.20. The van der Waals surface area contributed by atoms with Crippen molar-refractivity contribution in [2.75, 3.05) is 6.61 Å². The molecule has 0 spiro atoms. The van der Waals surface area contributed by atoms with Gasteiger partial charge >= 0.3 is 23.9 Å². The number of benzene rings is 4. The minimum atomic E-state index is -1.22. The number of hydrogen-bond donors (Lipinski definition) is 2. The Hall–Kier alpha value is -5.24. The highest BCUT2D eigenvalue weighted by Gasteiger charge is 2.21. The second-order valence-corrected chi connectivity index (χ2v) is 10.6. The largest absolute Gasteiger partial charge is 0.478 e. The van der Waals surface area contributed by atoms with Crippen molar-refractivity contribution in [1.82, 2.24) is 0 Å². The van der Waals surface area contributed by atoms with Crippen LogP contribution in [0.2, 0.25) is 0 Å². The van der Waals surface area contributed by atoms with Crippen molar-refractivity contribution in [3.8, 4) is 0 Å². The van der Waals surface area contributed by atoms with Crippen LogP contribution in [0.1, 0.15) is 103 Å². The molecule has 0 heterocycles. The lowest BCUT2D eigenvalue weighted by molar-refractivity contribution is 0.0437. The van der Waals surface area contributed by atoms with Crippen LogP contribution in [-0.4, -0.2) is 40.7 Å². The van der Waals surface area contributed by atoms with Crippen molar-refractivity contribution in [3.63, 3.8) is 0 Å². The first kappa shape index (κ1) is 35.2. The van der Waals surface area contributed by atoms with Crippen LogP contribution in [0.3, 0.4) is 0 Å². The molecule has 0 amide bonds. The number of carboxylic acids is 2. The number of carboxylic acid groups (broad SMARTS) is 2. The van der Waals surface area contributed by atoms with E-state index in [0.717, 1.165) is 43.2 Å². The number of carbonyl (C=O) groups excluding carboxylic acids is 2. The summed E-state index contributed by atoms with van der Waals surface area (Å²) in [5.74, 6) is -3.45. The zero-order chi connectivity index (χ0) is 33.3. The van der Waals surface area contributed by atoms with Gasteiger partial charge in [-0.3, -0.25) is 0 Å². The zero-order valence-corrected chi connectivity index (χ0v) is 26.2. The molecule has 0 bridgehead atoms. The Bertz CT molecular complexity index is 1610. The van der Waals surface area contributed by atoms with Gasteiger partial charge in [-0.2, -0.15) is 0 Å². The van der Waals surface area contributed by atoms with Gasteiger partial charge in [-0.1, -0.05) is 106 Å². The molecule has 0 fully saturated rings. The lowest BCUT2D eigenvalue weighted by Crippen LogP contribution is -2.14. The lowest BCUT2D eigenvalue weighted by Gasteiger charge is -2.12. The monoisotopic (exact) mass is 624 g/mol. The maximum absolute atomic E-state index is 12.2. The first-order valence-electron chi connectivity index (χ1n) is 15.4. The second kappa shape index (κ2) is 18.5. The molecular weight excluding hydrogens is 584 g/mol. The zero-order valence-electron chi connectivity index (χ0n) is 26.2. The molecule has 0 aliphatic rings. The molecule has 0 saturated carbocycles. The van der Waals surface area contributed by atoms with Gasteiger partial charge in [0.05, 0.1) is 28.9 Å². The highest BCUT2D eigenvalue weighted by molar-refractivity contribution is 6.03. The molecule has 240 valence electrons. The first-order valence-corrected chi connectivity index (χ1v) is 15.4. The van der Waals surface area contributed by atoms with Crippen LogP contribution in [0.4, 0.5) is 0 Å². The predicted molar refractivity (Wildman–Crippen MR) is 175 cm³/mol. The number of esters is 2. The molecule has 8 heteroatoms. The molecule has 0 saturated heterocycles. The summed E-state index contributed by atoms with van der Waals surface area (Å²) in [6, 6.07) is 28.5. The molecule has 4 aromatic rings. The SMILES string of the molecule is CCCCOC(=O)c1ccccc1C(=O)OCc1ccccc1.CCCCc1ccccc1Cc1cccc(C(=O)O)c1C(=O)O. The van der Waals surface area contributed by atoms with E-state index in [0.29, 0.717) is 18.6 Å². The summed E-state index contributed by atoms with van der Waals surface area (Å²) >= 11 is 0. The van der Waals surface area contributed by atoms with Gasteiger partial charge in [-0.05, 0) is 66.1 Å². The van der Waals surface area contributed by atoms with E-state index in [4.69, 9.17) is 9.47 Å². The Labute approximate surface area is 269 Å². The van der Waals surface area contributed by atoms with Gasteiger partial charge < -0.3 is 19.7 Å². The van der Waals surface area contributed by atoms with Gasteiger partial charge in [0.1, 0.15) is 6.61 Å². The third-order valence-electron chi connectivity index (χ3n) is 7.20. The molecule has 0 radical (unpaired) electrons. The molecule has 0 unspecified atom stereocenters. The molecule has 4 aromatic carbocycles. The average Bonchev–Trinajstić information content (AvgIpc) is 3.07. The number of carbonyl (C=O) groups is 4. The molecule has 46 heavy (non-hydrogen) atoms. The molecule has 0 aliphatic heterocycles. The fourth-order valence-corrected chi connectivity index (χ4v) is 4.75. The van der Waals surface area contributed by atoms with Crippen LogP contribution in [0.15, 0.2) is 97.1 Å². The molecule has 0 aliphatic carbocycles. The number of aromatic carboxylic acids is 2. The average molecular weight is 625 g/mol. The molecule has 8 nitrogen and oxygen atoms in total. The fourth-order valence-electron chi connectivity index (χ4n) is 4.75. The summed E-state index contributed by atoms with van der Waals surface area (Å²) in [4.78, 5) is 47.1. The van der Waals surface area contributed by atoms with E-state index in [1.54, 1.807) is 36.4 Å². The van der Waals surface area contributed by atoms with E-state index in [1.807, 2.05) is 61.5 Å². The van der Waals surface area contributed by atoms with Crippen LogP contribution < -0.4 is 0 Å². The molecule has 0 atom stereocenters. The van der Waals surface area contributed by atoms with Crippen LogP contribution >= 0.6 is 0 Å². The highest BCUT2D eigenvalue weighted by atomic mass is 16.5. The molecular formula is C38H40O8. The summed E-state index contributed by atoms with van der Waals surface area (Å²) in [5.41, 5.74) is 3.83. The Morgan fingerprint density at radius 2 is 1.11 bits per heavy atom. The van der Waals surface area contributed by atoms with E-state index in [2.05, 4.69) is 6.92 Å². The van der Waals surface area contributed by atoms with E-state index in [-0.39, 0.29) is 28.9 Å². The second-order valence-electron chi connectivity index (χ2n) is 10.6. The van der Waals surface area contributed by atoms with Crippen LogP contribution in [-0.2, 0) is 28.9 Å². The summed E-state index contributed by atoms with van der Waals surface area (Å²) in [7, 11) is 0. The quantitative estimate of drug-likeness (QED) is 0.107. The van der Waals surface area contributed by atoms with Crippen molar-refractivity contribution in [2.45, 2.75) is 59.0 Å². The fraction of sp³-hybridized carbons (Fsp3) is 0.263. The standard InChI is InChI=1S/2C19H20O4/c1-2-3-7-13-8-4-5-9-14(13)12-15-10-6-11-16(18(20)21)17(15)19(22)23;1-2-3-13-22-18(20)16-11-7-8-12-17(16)19(21)23-14-15-9-5-4-6-10-15/h4-6,8-11H,2-3,7,12H2,1H3,(H,20,21)(H,22,23);4-12H,2-3,13-14H2,1H3. The van der Waals surface area contributed by atoms with Gasteiger partial charge in [0, 0.05) is 0 Å². The number of hydrogen-bond acceptors (Lipinski definition) is 6. The predicted octanol–water partition coefficient (Wildman–Crippen LogP) is 8.02. The van der Waals surface area contributed by atoms with Crippen LogP contribution in [0.5, 0.6) is 0 Å². The summed E-state index contributed by atoms with van der Waals surface area (Å²) in [5, 5.41) is 18.6. The van der Waals surface area contributed by atoms with Crippen molar-refractivity contribution in [1.29, 1.82) is 0 Å².